The molecule has 3 rings (SSSR count). The number of rotatable bonds is 9. The van der Waals surface area contributed by atoms with Gasteiger partial charge in [0.25, 0.3) is 5.56 Å². The Morgan fingerprint density at radius 1 is 1.33 bits per heavy atom. The van der Waals surface area contributed by atoms with E-state index in [9.17, 15) is 4.79 Å². The van der Waals surface area contributed by atoms with Crippen LogP contribution in [0.4, 0.5) is 0 Å². The molecule has 1 aromatic heterocycles. The SMILES string of the molecule is CCc1ccc2[nH]c(=O)c(CN(CC3CCCO3)C(=S)NCCCN(C)C)cc2c1. The molecule has 6 nitrogen and oxygen atoms in total. The number of hydrogen-bond acceptors (Lipinski definition) is 4. The molecule has 0 bridgehead atoms. The van der Waals surface area contributed by atoms with Crippen molar-refractivity contribution in [3.05, 3.63) is 45.7 Å². The largest absolute Gasteiger partial charge is 0.376 e. The van der Waals surface area contributed by atoms with Crippen molar-refractivity contribution in [2.45, 2.75) is 45.3 Å². The lowest BCUT2D eigenvalue weighted by Crippen LogP contribution is -2.44. The van der Waals surface area contributed by atoms with Crippen molar-refractivity contribution in [3.63, 3.8) is 0 Å². The Balaban J connectivity index is 1.76. The first-order valence-corrected chi connectivity index (χ1v) is 11.3. The minimum atomic E-state index is -0.0560. The van der Waals surface area contributed by atoms with Crippen molar-refractivity contribution < 1.29 is 4.74 Å². The summed E-state index contributed by atoms with van der Waals surface area (Å²) in [5, 5.41) is 5.12. The van der Waals surface area contributed by atoms with E-state index in [4.69, 9.17) is 17.0 Å². The van der Waals surface area contributed by atoms with Gasteiger partial charge in [-0.25, -0.2) is 0 Å². The number of nitrogens with zero attached hydrogens (tertiary/aromatic N) is 2. The van der Waals surface area contributed by atoms with Crippen molar-refractivity contribution in [2.24, 2.45) is 0 Å². The fraction of sp³-hybridized carbons (Fsp3) is 0.565. The highest BCUT2D eigenvalue weighted by Crippen LogP contribution is 2.17. The van der Waals surface area contributed by atoms with E-state index in [2.05, 4.69) is 53.3 Å². The molecule has 0 radical (unpaired) electrons. The van der Waals surface area contributed by atoms with E-state index in [-0.39, 0.29) is 11.7 Å². The third kappa shape index (κ3) is 6.27. The van der Waals surface area contributed by atoms with E-state index >= 15 is 0 Å². The number of aromatic nitrogens is 1. The molecule has 7 heteroatoms. The first kappa shape index (κ1) is 22.7. The third-order valence-electron chi connectivity index (χ3n) is 5.55. The lowest BCUT2D eigenvalue weighted by atomic mass is 10.1. The Bertz CT molecular complexity index is 906. The number of pyridine rings is 1. The lowest BCUT2D eigenvalue weighted by Gasteiger charge is -2.28. The van der Waals surface area contributed by atoms with Crippen LogP contribution in [0.2, 0.25) is 0 Å². The molecule has 0 aliphatic carbocycles. The molecule has 1 atom stereocenters. The van der Waals surface area contributed by atoms with E-state index in [1.165, 1.54) is 5.56 Å². The first-order chi connectivity index (χ1) is 14.5. The highest BCUT2D eigenvalue weighted by Gasteiger charge is 2.22. The minimum Gasteiger partial charge on any atom is -0.376 e. The summed E-state index contributed by atoms with van der Waals surface area (Å²) in [5.74, 6) is 0. The maximum atomic E-state index is 12.7. The second-order valence-corrected chi connectivity index (χ2v) is 8.69. The number of aromatic amines is 1. The van der Waals surface area contributed by atoms with Crippen molar-refractivity contribution in [1.82, 2.24) is 20.1 Å². The predicted octanol–water partition coefficient (Wildman–Crippen LogP) is 2.90. The second kappa shape index (κ2) is 10.9. The highest BCUT2D eigenvalue weighted by molar-refractivity contribution is 7.80. The molecule has 30 heavy (non-hydrogen) atoms. The van der Waals surface area contributed by atoms with Crippen LogP contribution < -0.4 is 10.9 Å². The van der Waals surface area contributed by atoms with Crippen LogP contribution >= 0.6 is 12.2 Å². The Labute approximate surface area is 184 Å². The summed E-state index contributed by atoms with van der Waals surface area (Å²) in [4.78, 5) is 20.0. The zero-order valence-electron chi connectivity index (χ0n) is 18.4. The summed E-state index contributed by atoms with van der Waals surface area (Å²) in [6, 6.07) is 8.20. The van der Waals surface area contributed by atoms with Gasteiger partial charge < -0.3 is 24.8 Å². The summed E-state index contributed by atoms with van der Waals surface area (Å²) in [6.07, 6.45) is 4.26. The monoisotopic (exact) mass is 430 g/mol. The van der Waals surface area contributed by atoms with Gasteiger partial charge in [0.2, 0.25) is 0 Å². The zero-order valence-corrected chi connectivity index (χ0v) is 19.2. The number of ether oxygens (including phenoxy) is 1. The molecule has 0 saturated carbocycles. The maximum absolute atomic E-state index is 12.7. The Kier molecular flexibility index (Phi) is 8.24. The highest BCUT2D eigenvalue weighted by atomic mass is 32.1. The number of hydrogen-bond donors (Lipinski definition) is 2. The molecule has 1 saturated heterocycles. The van der Waals surface area contributed by atoms with Crippen LogP contribution in [0.25, 0.3) is 10.9 Å². The second-order valence-electron chi connectivity index (χ2n) is 8.30. The summed E-state index contributed by atoms with van der Waals surface area (Å²) in [6.45, 7) is 5.93. The molecule has 0 amide bonds. The number of nitrogens with one attached hydrogen (secondary N) is 2. The van der Waals surface area contributed by atoms with Gasteiger partial charge in [-0.3, -0.25) is 4.79 Å². The molecule has 1 unspecified atom stereocenters. The van der Waals surface area contributed by atoms with Gasteiger partial charge in [-0.2, -0.15) is 0 Å². The molecule has 2 heterocycles. The van der Waals surface area contributed by atoms with Crippen molar-refractivity contribution in [2.75, 3.05) is 40.3 Å². The number of thiocarbonyl (C=S) groups is 1. The van der Waals surface area contributed by atoms with Gasteiger partial charge in [0.05, 0.1) is 12.6 Å². The molecule has 2 aromatic rings. The topological polar surface area (TPSA) is 60.6 Å². The van der Waals surface area contributed by atoms with Gasteiger partial charge in [-0.15, -0.1) is 0 Å². The molecule has 2 N–H and O–H groups in total. The Hall–Kier alpha value is -1.96. The third-order valence-corrected chi connectivity index (χ3v) is 5.95. The van der Waals surface area contributed by atoms with Gasteiger partial charge in [-0.05, 0) is 87.7 Å². The predicted molar refractivity (Wildman–Crippen MR) is 127 cm³/mol. The van der Waals surface area contributed by atoms with Crippen molar-refractivity contribution in [3.8, 4) is 0 Å². The van der Waals surface area contributed by atoms with Crippen LogP contribution in [0.1, 0.15) is 37.3 Å². The quantitative estimate of drug-likeness (QED) is 0.471. The Morgan fingerprint density at radius 2 is 2.17 bits per heavy atom. The summed E-state index contributed by atoms with van der Waals surface area (Å²) < 4.78 is 5.84. The van der Waals surface area contributed by atoms with Crippen molar-refractivity contribution in [1.29, 1.82) is 0 Å². The van der Waals surface area contributed by atoms with Crippen LogP contribution in [0, 0.1) is 0 Å². The first-order valence-electron chi connectivity index (χ1n) is 10.9. The number of fused-ring (bicyclic) bond motifs is 1. The van der Waals surface area contributed by atoms with Crippen LogP contribution in [-0.4, -0.2) is 66.3 Å². The van der Waals surface area contributed by atoms with E-state index in [0.29, 0.717) is 18.2 Å². The standard InChI is InChI=1S/C23H34N4O2S/c1-4-17-8-9-21-18(13-17)14-19(22(28)25-21)15-27(16-20-7-5-12-29-20)23(30)24-10-6-11-26(2)3/h8-9,13-14,20H,4-7,10-12,15-16H2,1-3H3,(H,24,30)(H,25,28). The normalized spacial score (nSPS) is 16.3. The molecule has 0 spiro atoms. The van der Waals surface area contributed by atoms with Gasteiger partial charge in [-0.1, -0.05) is 13.0 Å². The van der Waals surface area contributed by atoms with Gasteiger partial charge in [0.15, 0.2) is 5.11 Å². The number of benzene rings is 1. The molecule has 1 aliphatic rings. The number of aryl methyl sites for hydroxylation is 1. The molecule has 1 fully saturated rings. The molecular weight excluding hydrogens is 396 g/mol. The summed E-state index contributed by atoms with van der Waals surface area (Å²) >= 11 is 5.70. The Morgan fingerprint density at radius 3 is 2.87 bits per heavy atom. The average Bonchev–Trinajstić information content (AvgIpc) is 3.23. The van der Waals surface area contributed by atoms with Crippen LogP contribution in [0.15, 0.2) is 29.1 Å². The maximum Gasteiger partial charge on any atom is 0.253 e. The summed E-state index contributed by atoms with van der Waals surface area (Å²) in [7, 11) is 4.13. The van der Waals surface area contributed by atoms with E-state index in [1.54, 1.807) is 0 Å². The number of H-pyrrole nitrogens is 1. The van der Waals surface area contributed by atoms with E-state index in [0.717, 1.165) is 61.8 Å². The lowest BCUT2D eigenvalue weighted by molar-refractivity contribution is 0.0897. The molecular formula is C23H34N4O2S. The van der Waals surface area contributed by atoms with Crippen LogP contribution in [0.3, 0.4) is 0 Å². The molecule has 164 valence electrons. The average molecular weight is 431 g/mol. The molecule has 1 aromatic carbocycles. The smallest absolute Gasteiger partial charge is 0.253 e. The fourth-order valence-corrected chi connectivity index (χ4v) is 4.04. The minimum absolute atomic E-state index is 0.0560. The van der Waals surface area contributed by atoms with Crippen LogP contribution in [-0.2, 0) is 17.7 Å². The van der Waals surface area contributed by atoms with Gasteiger partial charge in [0, 0.05) is 30.8 Å². The van der Waals surface area contributed by atoms with Gasteiger partial charge in [0.1, 0.15) is 0 Å². The zero-order chi connectivity index (χ0) is 21.5. The van der Waals surface area contributed by atoms with E-state index < -0.39 is 0 Å². The van der Waals surface area contributed by atoms with Gasteiger partial charge >= 0.3 is 0 Å². The van der Waals surface area contributed by atoms with Crippen molar-refractivity contribution >= 4 is 28.2 Å². The van der Waals surface area contributed by atoms with E-state index in [1.807, 2.05) is 12.1 Å². The van der Waals surface area contributed by atoms with Crippen LogP contribution in [0.5, 0.6) is 0 Å². The fourth-order valence-electron chi connectivity index (χ4n) is 3.80. The summed E-state index contributed by atoms with van der Waals surface area (Å²) in [5.41, 5.74) is 2.80. The molecule has 1 aliphatic heterocycles.